The fourth-order valence-electron chi connectivity index (χ4n) is 2.83. The Labute approximate surface area is 168 Å². The van der Waals surface area contributed by atoms with Gasteiger partial charge >= 0.3 is 6.09 Å². The number of hydrogen-bond acceptors (Lipinski definition) is 5. The van der Waals surface area contributed by atoms with Gasteiger partial charge in [-0.05, 0) is 46.2 Å². The van der Waals surface area contributed by atoms with E-state index in [9.17, 15) is 9.59 Å². The molecule has 0 spiro atoms. The Morgan fingerprint density at radius 3 is 2.59 bits per heavy atom. The third kappa shape index (κ3) is 5.13. The molecule has 3 rings (SSSR count). The Morgan fingerprint density at radius 2 is 1.86 bits per heavy atom. The number of imidazole rings is 1. The van der Waals surface area contributed by atoms with E-state index in [1.165, 1.54) is 0 Å². The molecule has 9 heteroatoms. The predicted molar refractivity (Wildman–Crippen MR) is 110 cm³/mol. The Hall–Kier alpha value is -3.36. The summed E-state index contributed by atoms with van der Waals surface area (Å²) in [6, 6.07) is 7.63. The van der Waals surface area contributed by atoms with Crippen LogP contribution in [0.5, 0.6) is 0 Å². The molecule has 0 radical (unpaired) electrons. The lowest BCUT2D eigenvalue weighted by atomic mass is 10.1. The molecular weight excluding hydrogens is 372 g/mol. The van der Waals surface area contributed by atoms with Crippen LogP contribution in [0.2, 0.25) is 0 Å². The van der Waals surface area contributed by atoms with Gasteiger partial charge in [-0.2, -0.15) is 5.10 Å². The quantitative estimate of drug-likeness (QED) is 0.475. The average Bonchev–Trinajstić information content (AvgIpc) is 3.22. The molecule has 0 bridgehead atoms. The number of ether oxygens (including phenoxy) is 1. The van der Waals surface area contributed by atoms with Crippen LogP contribution in [0.25, 0.3) is 22.6 Å². The number of amides is 2. The fourth-order valence-corrected chi connectivity index (χ4v) is 2.83. The average molecular weight is 398 g/mol. The largest absolute Gasteiger partial charge is 0.444 e. The van der Waals surface area contributed by atoms with Crippen LogP contribution in [-0.2, 0) is 4.74 Å². The number of carbonyl (C=O) groups excluding carboxylic acids is 2. The molecule has 2 aromatic heterocycles. The third-order valence-electron chi connectivity index (χ3n) is 4.10. The van der Waals surface area contributed by atoms with Crippen molar-refractivity contribution in [2.75, 3.05) is 13.1 Å². The molecule has 0 fully saturated rings. The number of rotatable bonds is 6. The van der Waals surface area contributed by atoms with Crippen LogP contribution in [0.3, 0.4) is 0 Å². The molecule has 1 aromatic carbocycles. The van der Waals surface area contributed by atoms with Gasteiger partial charge in [-0.25, -0.2) is 9.78 Å². The van der Waals surface area contributed by atoms with E-state index < -0.39 is 11.7 Å². The number of fused-ring (bicyclic) bond motifs is 1. The summed E-state index contributed by atoms with van der Waals surface area (Å²) in [6.45, 7) is 8.01. The number of benzene rings is 1. The molecule has 0 aliphatic rings. The number of aromatic amines is 2. The van der Waals surface area contributed by atoms with Gasteiger partial charge < -0.3 is 20.4 Å². The van der Waals surface area contributed by atoms with E-state index >= 15 is 0 Å². The summed E-state index contributed by atoms with van der Waals surface area (Å²) >= 11 is 0. The number of carbonyl (C=O) groups is 2. The first kappa shape index (κ1) is 20.4. The minimum Gasteiger partial charge on any atom is -0.444 e. The van der Waals surface area contributed by atoms with Crippen molar-refractivity contribution in [1.82, 2.24) is 30.8 Å². The molecule has 29 heavy (non-hydrogen) atoms. The summed E-state index contributed by atoms with van der Waals surface area (Å²) in [4.78, 5) is 32.0. The van der Waals surface area contributed by atoms with Gasteiger partial charge in [0, 0.05) is 18.8 Å². The Balaban J connectivity index is 1.58. The van der Waals surface area contributed by atoms with E-state index in [1.807, 2.05) is 24.3 Å². The van der Waals surface area contributed by atoms with Gasteiger partial charge in [0.15, 0.2) is 5.82 Å². The summed E-state index contributed by atoms with van der Waals surface area (Å²) in [5.41, 5.74) is 2.73. The van der Waals surface area contributed by atoms with Crippen LogP contribution in [0.15, 0.2) is 24.3 Å². The number of hydrogen-bond donors (Lipinski definition) is 4. The highest BCUT2D eigenvalue weighted by Gasteiger charge is 2.21. The van der Waals surface area contributed by atoms with Crippen molar-refractivity contribution < 1.29 is 14.3 Å². The normalized spacial score (nSPS) is 11.4. The van der Waals surface area contributed by atoms with Crippen molar-refractivity contribution in [2.24, 2.45) is 0 Å². The summed E-state index contributed by atoms with van der Waals surface area (Å²) in [7, 11) is 0. The molecule has 2 heterocycles. The predicted octanol–water partition coefficient (Wildman–Crippen LogP) is 2.91. The number of alkyl carbamates (subject to hydrolysis) is 1. The molecule has 2 amide bonds. The minimum atomic E-state index is -0.538. The molecule has 4 N–H and O–H groups in total. The smallest absolute Gasteiger partial charge is 0.407 e. The van der Waals surface area contributed by atoms with Crippen LogP contribution >= 0.6 is 0 Å². The Bertz CT molecular complexity index is 982. The maximum Gasteiger partial charge on any atom is 0.407 e. The van der Waals surface area contributed by atoms with Crippen molar-refractivity contribution >= 4 is 23.0 Å². The van der Waals surface area contributed by atoms with E-state index in [0.717, 1.165) is 11.0 Å². The molecule has 3 aromatic rings. The van der Waals surface area contributed by atoms with Gasteiger partial charge in [0.05, 0.1) is 16.6 Å². The number of para-hydroxylation sites is 2. The highest BCUT2D eigenvalue weighted by atomic mass is 16.6. The second-order valence-electron chi connectivity index (χ2n) is 7.71. The number of nitrogens with zero attached hydrogens (tertiary/aromatic N) is 2. The molecule has 0 atom stereocenters. The van der Waals surface area contributed by atoms with Gasteiger partial charge in [-0.1, -0.05) is 12.1 Å². The fraction of sp³-hybridized carbons (Fsp3) is 0.400. The topological polar surface area (TPSA) is 125 Å². The van der Waals surface area contributed by atoms with E-state index in [2.05, 4.69) is 30.8 Å². The summed E-state index contributed by atoms with van der Waals surface area (Å²) in [5.74, 6) is 0.288. The highest BCUT2D eigenvalue weighted by molar-refractivity contribution is 6.00. The van der Waals surface area contributed by atoms with Crippen LogP contribution in [-0.4, -0.2) is 50.9 Å². The molecule has 0 aliphatic carbocycles. The van der Waals surface area contributed by atoms with Crippen molar-refractivity contribution in [3.63, 3.8) is 0 Å². The van der Waals surface area contributed by atoms with Gasteiger partial charge in [-0.3, -0.25) is 9.89 Å². The second kappa shape index (κ2) is 8.34. The first-order valence-corrected chi connectivity index (χ1v) is 9.50. The SMILES string of the molecule is Cc1[nH]nc(-c2nc3ccccc3[nH]2)c1C(=O)NCCCNC(=O)OC(C)(C)C. The molecule has 0 saturated carbocycles. The number of nitrogens with one attached hydrogen (secondary N) is 4. The summed E-state index contributed by atoms with van der Waals surface area (Å²) in [5, 5.41) is 12.6. The zero-order chi connectivity index (χ0) is 21.0. The van der Waals surface area contributed by atoms with Gasteiger partial charge in [0.1, 0.15) is 11.3 Å². The molecule has 0 unspecified atom stereocenters. The van der Waals surface area contributed by atoms with Gasteiger partial charge in [0.2, 0.25) is 0 Å². The van der Waals surface area contributed by atoms with E-state index in [-0.39, 0.29) is 5.91 Å². The van der Waals surface area contributed by atoms with E-state index in [4.69, 9.17) is 4.74 Å². The van der Waals surface area contributed by atoms with Crippen LogP contribution in [0.4, 0.5) is 4.79 Å². The van der Waals surface area contributed by atoms with E-state index in [0.29, 0.717) is 42.3 Å². The molecule has 0 aliphatic heterocycles. The molecule has 154 valence electrons. The van der Waals surface area contributed by atoms with Crippen molar-refractivity contribution in [2.45, 2.75) is 39.7 Å². The molecule has 0 saturated heterocycles. The van der Waals surface area contributed by atoms with E-state index in [1.54, 1.807) is 27.7 Å². The van der Waals surface area contributed by atoms with Gasteiger partial charge in [-0.15, -0.1) is 0 Å². The molecular formula is C20H26N6O3. The van der Waals surface area contributed by atoms with Crippen LogP contribution in [0, 0.1) is 6.92 Å². The van der Waals surface area contributed by atoms with Crippen molar-refractivity contribution in [1.29, 1.82) is 0 Å². The Kier molecular flexibility index (Phi) is 5.86. The minimum absolute atomic E-state index is 0.246. The monoisotopic (exact) mass is 398 g/mol. The summed E-state index contributed by atoms with van der Waals surface area (Å²) < 4.78 is 5.17. The summed E-state index contributed by atoms with van der Waals surface area (Å²) in [6.07, 6.45) is 0.101. The first-order chi connectivity index (χ1) is 13.7. The van der Waals surface area contributed by atoms with Crippen LogP contribution < -0.4 is 10.6 Å². The lowest BCUT2D eigenvalue weighted by Gasteiger charge is -2.19. The number of aromatic nitrogens is 4. The maximum absolute atomic E-state index is 12.7. The molecule has 9 nitrogen and oxygen atoms in total. The van der Waals surface area contributed by atoms with Crippen molar-refractivity contribution in [3.05, 3.63) is 35.5 Å². The standard InChI is InChI=1S/C20H26N6O3/c1-12-15(18(27)21-10-7-11-22-19(28)29-20(2,3)4)16(26-25-12)17-23-13-8-5-6-9-14(13)24-17/h5-6,8-9H,7,10-11H2,1-4H3,(H,21,27)(H,22,28)(H,23,24)(H,25,26). The first-order valence-electron chi connectivity index (χ1n) is 9.50. The van der Waals surface area contributed by atoms with Crippen LogP contribution in [0.1, 0.15) is 43.2 Å². The lowest BCUT2D eigenvalue weighted by Crippen LogP contribution is -2.34. The maximum atomic E-state index is 12.7. The Morgan fingerprint density at radius 1 is 1.14 bits per heavy atom. The van der Waals surface area contributed by atoms with Gasteiger partial charge in [0.25, 0.3) is 5.91 Å². The van der Waals surface area contributed by atoms with Crippen molar-refractivity contribution in [3.8, 4) is 11.5 Å². The zero-order valence-corrected chi connectivity index (χ0v) is 17.0. The highest BCUT2D eigenvalue weighted by Crippen LogP contribution is 2.23. The third-order valence-corrected chi connectivity index (χ3v) is 4.10. The number of H-pyrrole nitrogens is 2. The number of aryl methyl sites for hydroxylation is 1. The second-order valence-corrected chi connectivity index (χ2v) is 7.71. The zero-order valence-electron chi connectivity index (χ0n) is 17.0. The lowest BCUT2D eigenvalue weighted by molar-refractivity contribution is 0.0527.